The third kappa shape index (κ3) is 0.882. The normalized spacial score (nSPS) is 51.6. The van der Waals surface area contributed by atoms with Crippen molar-refractivity contribution < 1.29 is 9.53 Å². The molecule has 1 fully saturated rings. The SMILES string of the molecule is C[C@H]1C(=O)[C@@H](Cl)C2(C)C=C[C@H]1O2. The van der Waals surface area contributed by atoms with Crippen LogP contribution < -0.4 is 0 Å². The van der Waals surface area contributed by atoms with Crippen LogP contribution in [0.15, 0.2) is 12.2 Å². The number of fused-ring (bicyclic) bond motifs is 2. The Morgan fingerprint density at radius 2 is 2.33 bits per heavy atom. The summed E-state index contributed by atoms with van der Waals surface area (Å²) in [5.74, 6) is -0.000239. The maximum Gasteiger partial charge on any atom is 0.159 e. The molecule has 66 valence electrons. The number of Topliss-reactive ketones (excluding diaryl/α,β-unsaturated/α-hetero) is 1. The Morgan fingerprint density at radius 3 is 3.00 bits per heavy atom. The molecule has 0 aliphatic carbocycles. The van der Waals surface area contributed by atoms with Gasteiger partial charge < -0.3 is 4.74 Å². The van der Waals surface area contributed by atoms with E-state index in [4.69, 9.17) is 16.3 Å². The molecule has 2 rings (SSSR count). The van der Waals surface area contributed by atoms with Gasteiger partial charge in [-0.25, -0.2) is 0 Å². The summed E-state index contributed by atoms with van der Waals surface area (Å²) < 4.78 is 5.62. The second kappa shape index (κ2) is 2.33. The van der Waals surface area contributed by atoms with Crippen molar-refractivity contribution in [3.05, 3.63) is 12.2 Å². The molecule has 2 heterocycles. The summed E-state index contributed by atoms with van der Waals surface area (Å²) in [6.07, 6.45) is 3.78. The molecule has 12 heavy (non-hydrogen) atoms. The second-order valence-electron chi connectivity index (χ2n) is 3.68. The first-order valence-electron chi connectivity index (χ1n) is 4.09. The molecule has 2 nitrogen and oxygen atoms in total. The smallest absolute Gasteiger partial charge is 0.159 e. The van der Waals surface area contributed by atoms with Crippen LogP contribution in [-0.2, 0) is 9.53 Å². The molecule has 0 radical (unpaired) electrons. The summed E-state index contributed by atoms with van der Waals surface area (Å²) in [5.41, 5.74) is -0.560. The van der Waals surface area contributed by atoms with Crippen molar-refractivity contribution in [2.24, 2.45) is 5.92 Å². The standard InChI is InChI=1S/C9H11ClO2/c1-5-6-3-4-9(2,12-6)8(10)7(5)11/h3-6,8H,1-2H3/t5-,6-,8-,9?/m1/s1. The van der Waals surface area contributed by atoms with E-state index in [9.17, 15) is 4.79 Å². The largest absolute Gasteiger partial charge is 0.361 e. The fourth-order valence-electron chi connectivity index (χ4n) is 1.75. The van der Waals surface area contributed by atoms with E-state index < -0.39 is 11.0 Å². The summed E-state index contributed by atoms with van der Waals surface area (Å²) in [6.45, 7) is 3.71. The molecule has 2 aliphatic heterocycles. The van der Waals surface area contributed by atoms with E-state index in [1.165, 1.54) is 0 Å². The topological polar surface area (TPSA) is 26.3 Å². The predicted molar refractivity (Wildman–Crippen MR) is 46.2 cm³/mol. The van der Waals surface area contributed by atoms with E-state index >= 15 is 0 Å². The maximum atomic E-state index is 11.5. The van der Waals surface area contributed by atoms with Crippen LogP contribution in [0.5, 0.6) is 0 Å². The molecule has 0 spiro atoms. The Kier molecular flexibility index (Phi) is 1.61. The van der Waals surface area contributed by atoms with Gasteiger partial charge >= 0.3 is 0 Å². The highest BCUT2D eigenvalue weighted by Crippen LogP contribution is 2.39. The van der Waals surface area contributed by atoms with Gasteiger partial charge in [-0.15, -0.1) is 11.6 Å². The highest BCUT2D eigenvalue weighted by atomic mass is 35.5. The molecule has 1 unspecified atom stereocenters. The second-order valence-corrected chi connectivity index (χ2v) is 4.12. The van der Waals surface area contributed by atoms with Crippen LogP contribution >= 0.6 is 11.6 Å². The number of hydrogen-bond donors (Lipinski definition) is 0. The number of ether oxygens (including phenoxy) is 1. The Morgan fingerprint density at radius 1 is 1.67 bits per heavy atom. The zero-order valence-electron chi connectivity index (χ0n) is 7.08. The van der Waals surface area contributed by atoms with Gasteiger partial charge in [0.25, 0.3) is 0 Å². The van der Waals surface area contributed by atoms with Crippen molar-refractivity contribution in [1.82, 2.24) is 0 Å². The molecule has 0 aromatic rings. The van der Waals surface area contributed by atoms with Gasteiger partial charge in [0, 0.05) is 5.92 Å². The minimum atomic E-state index is -0.560. The van der Waals surface area contributed by atoms with Crippen LogP contribution in [-0.4, -0.2) is 22.9 Å². The molecule has 0 aromatic heterocycles. The van der Waals surface area contributed by atoms with E-state index in [2.05, 4.69) is 0 Å². The first-order valence-corrected chi connectivity index (χ1v) is 4.53. The van der Waals surface area contributed by atoms with E-state index in [1.54, 1.807) is 0 Å². The summed E-state index contributed by atoms with van der Waals surface area (Å²) in [5, 5.41) is -0.525. The summed E-state index contributed by atoms with van der Waals surface area (Å²) in [6, 6.07) is 0. The highest BCUT2D eigenvalue weighted by Gasteiger charge is 2.50. The average molecular weight is 187 g/mol. The average Bonchev–Trinajstić information content (AvgIpc) is 2.41. The van der Waals surface area contributed by atoms with Gasteiger partial charge in [0.2, 0.25) is 0 Å². The van der Waals surface area contributed by atoms with Gasteiger partial charge in [-0.05, 0) is 6.92 Å². The molecule has 0 N–H and O–H groups in total. The number of alkyl halides is 1. The number of carbonyl (C=O) groups is 1. The number of halogens is 1. The molecule has 1 saturated heterocycles. The quantitative estimate of drug-likeness (QED) is 0.424. The maximum absolute atomic E-state index is 11.5. The van der Waals surface area contributed by atoms with Crippen molar-refractivity contribution in [3.63, 3.8) is 0 Å². The molecule has 0 amide bonds. The van der Waals surface area contributed by atoms with Gasteiger partial charge in [-0.3, -0.25) is 4.79 Å². The van der Waals surface area contributed by atoms with Crippen LogP contribution in [0.1, 0.15) is 13.8 Å². The minimum Gasteiger partial charge on any atom is -0.361 e. The number of ketones is 1. The molecule has 0 aromatic carbocycles. The summed E-state index contributed by atoms with van der Waals surface area (Å²) in [4.78, 5) is 11.5. The van der Waals surface area contributed by atoms with E-state index in [1.807, 2.05) is 26.0 Å². The van der Waals surface area contributed by atoms with Gasteiger partial charge in [0.05, 0.1) is 6.10 Å². The fraction of sp³-hybridized carbons (Fsp3) is 0.667. The Labute approximate surface area is 76.5 Å². The van der Waals surface area contributed by atoms with E-state index in [0.29, 0.717) is 0 Å². The van der Waals surface area contributed by atoms with Crippen LogP contribution in [0, 0.1) is 5.92 Å². The lowest BCUT2D eigenvalue weighted by molar-refractivity contribution is -0.142. The van der Waals surface area contributed by atoms with Crippen molar-refractivity contribution in [3.8, 4) is 0 Å². The van der Waals surface area contributed by atoms with Crippen LogP contribution in [0.4, 0.5) is 0 Å². The van der Waals surface area contributed by atoms with Crippen molar-refractivity contribution in [2.45, 2.75) is 30.9 Å². The predicted octanol–water partition coefficient (Wildman–Crippen LogP) is 1.53. The van der Waals surface area contributed by atoms with E-state index in [-0.39, 0.29) is 17.8 Å². The highest BCUT2D eigenvalue weighted by molar-refractivity contribution is 6.32. The molecule has 4 atom stereocenters. The van der Waals surface area contributed by atoms with E-state index in [0.717, 1.165) is 0 Å². The first kappa shape index (κ1) is 8.27. The van der Waals surface area contributed by atoms with Crippen molar-refractivity contribution >= 4 is 17.4 Å². The van der Waals surface area contributed by atoms with Gasteiger partial charge in [0.15, 0.2) is 5.78 Å². The fourth-order valence-corrected chi connectivity index (χ4v) is 2.07. The van der Waals surface area contributed by atoms with Crippen LogP contribution in [0.3, 0.4) is 0 Å². The third-order valence-electron chi connectivity index (χ3n) is 2.70. The summed E-state index contributed by atoms with van der Waals surface area (Å²) in [7, 11) is 0. The molecular formula is C9H11ClO2. The van der Waals surface area contributed by atoms with Crippen LogP contribution in [0.25, 0.3) is 0 Å². The Hall–Kier alpha value is -0.340. The number of rotatable bonds is 0. The molecule has 2 bridgehead atoms. The molecule has 0 saturated carbocycles. The zero-order valence-corrected chi connectivity index (χ0v) is 7.84. The van der Waals surface area contributed by atoms with Gasteiger partial charge in [0.1, 0.15) is 11.0 Å². The minimum absolute atomic E-state index is 0.0579. The van der Waals surface area contributed by atoms with Crippen molar-refractivity contribution in [2.75, 3.05) is 0 Å². The lowest BCUT2D eigenvalue weighted by Crippen LogP contribution is -2.50. The van der Waals surface area contributed by atoms with Crippen molar-refractivity contribution in [1.29, 1.82) is 0 Å². The van der Waals surface area contributed by atoms with Crippen LogP contribution in [0.2, 0.25) is 0 Å². The van der Waals surface area contributed by atoms with Gasteiger partial charge in [-0.1, -0.05) is 19.1 Å². The monoisotopic (exact) mass is 186 g/mol. The third-order valence-corrected chi connectivity index (χ3v) is 3.35. The zero-order chi connectivity index (χ0) is 8.93. The Bertz CT molecular complexity index is 261. The number of hydrogen-bond acceptors (Lipinski definition) is 2. The summed E-state index contributed by atoms with van der Waals surface area (Å²) >= 11 is 5.97. The molecule has 2 aliphatic rings. The number of carbonyl (C=O) groups excluding carboxylic acids is 1. The van der Waals surface area contributed by atoms with Gasteiger partial charge in [-0.2, -0.15) is 0 Å². The molecular weight excluding hydrogens is 176 g/mol. The lowest BCUT2D eigenvalue weighted by Gasteiger charge is -2.36. The molecule has 3 heteroatoms. The lowest BCUT2D eigenvalue weighted by atomic mass is 9.90. The Balaban J connectivity index is 2.38. The first-order chi connectivity index (χ1) is 5.54.